The summed E-state index contributed by atoms with van der Waals surface area (Å²) in [7, 11) is 0. The molecule has 0 amide bonds. The molecule has 0 saturated carbocycles. The first-order valence-electron chi connectivity index (χ1n) is 5.11. The fraction of sp³-hybridized carbons (Fsp3) is 0.667. The SMILES string of the molecule is CC#CC/C=C(/C)CC1CCCN1. The van der Waals surface area contributed by atoms with Crippen molar-refractivity contribution in [3.8, 4) is 11.8 Å². The van der Waals surface area contributed by atoms with E-state index in [1.54, 1.807) is 0 Å². The molecule has 1 aliphatic rings. The predicted molar refractivity (Wildman–Crippen MR) is 57.5 cm³/mol. The predicted octanol–water partition coefficient (Wildman–Crippen LogP) is 2.49. The molecule has 0 aromatic heterocycles. The molecule has 1 nitrogen and oxygen atoms in total. The topological polar surface area (TPSA) is 12.0 Å². The summed E-state index contributed by atoms with van der Waals surface area (Å²) in [6.07, 6.45) is 7.04. The molecule has 0 bridgehead atoms. The first-order chi connectivity index (χ1) is 6.33. The number of allylic oxidation sites excluding steroid dienone is 1. The second-order valence-electron chi connectivity index (χ2n) is 3.68. The smallest absolute Gasteiger partial charge is 0.0272 e. The molecule has 1 heteroatoms. The van der Waals surface area contributed by atoms with Crippen LogP contribution >= 0.6 is 0 Å². The molecule has 1 aliphatic heterocycles. The van der Waals surface area contributed by atoms with Gasteiger partial charge in [-0.25, -0.2) is 0 Å². The van der Waals surface area contributed by atoms with Gasteiger partial charge in [-0.1, -0.05) is 17.6 Å². The lowest BCUT2D eigenvalue weighted by molar-refractivity contribution is 0.599. The summed E-state index contributed by atoms with van der Waals surface area (Å²) in [5.74, 6) is 5.96. The standard InChI is InChI=1S/C12H19N/c1-3-4-5-7-11(2)10-12-8-6-9-13-12/h7,12-13H,5-6,8-10H2,1-2H3/b11-7-. The van der Waals surface area contributed by atoms with Gasteiger partial charge in [0.2, 0.25) is 0 Å². The van der Waals surface area contributed by atoms with Crippen molar-refractivity contribution in [3.63, 3.8) is 0 Å². The fourth-order valence-electron chi connectivity index (χ4n) is 1.73. The van der Waals surface area contributed by atoms with Gasteiger partial charge in [0.15, 0.2) is 0 Å². The van der Waals surface area contributed by atoms with Crippen LogP contribution in [0.5, 0.6) is 0 Å². The van der Waals surface area contributed by atoms with Gasteiger partial charge in [0, 0.05) is 12.5 Å². The average Bonchev–Trinajstić information content (AvgIpc) is 2.57. The molecule has 0 aromatic carbocycles. The highest BCUT2D eigenvalue weighted by Crippen LogP contribution is 2.14. The third kappa shape index (κ3) is 4.15. The summed E-state index contributed by atoms with van der Waals surface area (Å²) in [5, 5.41) is 3.50. The van der Waals surface area contributed by atoms with E-state index in [4.69, 9.17) is 0 Å². The lowest BCUT2D eigenvalue weighted by Gasteiger charge is -2.09. The van der Waals surface area contributed by atoms with Crippen molar-refractivity contribution in [1.82, 2.24) is 5.32 Å². The maximum absolute atomic E-state index is 3.50. The zero-order chi connectivity index (χ0) is 9.52. The van der Waals surface area contributed by atoms with Gasteiger partial charge in [0.1, 0.15) is 0 Å². The molecule has 0 radical (unpaired) electrons. The zero-order valence-electron chi connectivity index (χ0n) is 8.69. The Kier molecular flexibility index (Phi) is 4.64. The van der Waals surface area contributed by atoms with Crippen molar-refractivity contribution in [2.75, 3.05) is 6.54 Å². The summed E-state index contributed by atoms with van der Waals surface area (Å²) in [6.45, 7) is 5.30. The van der Waals surface area contributed by atoms with Crippen LogP contribution in [0.3, 0.4) is 0 Å². The normalized spacial score (nSPS) is 22.6. The van der Waals surface area contributed by atoms with Gasteiger partial charge in [-0.3, -0.25) is 0 Å². The maximum Gasteiger partial charge on any atom is 0.0272 e. The van der Waals surface area contributed by atoms with Gasteiger partial charge >= 0.3 is 0 Å². The van der Waals surface area contributed by atoms with Gasteiger partial charge in [0.25, 0.3) is 0 Å². The zero-order valence-corrected chi connectivity index (χ0v) is 8.69. The van der Waals surface area contributed by atoms with Crippen molar-refractivity contribution in [1.29, 1.82) is 0 Å². The van der Waals surface area contributed by atoms with Gasteiger partial charge in [-0.15, -0.1) is 5.92 Å². The van der Waals surface area contributed by atoms with E-state index in [0.29, 0.717) is 0 Å². The molecule has 13 heavy (non-hydrogen) atoms. The van der Waals surface area contributed by atoms with Crippen LogP contribution in [-0.2, 0) is 0 Å². The summed E-state index contributed by atoms with van der Waals surface area (Å²) in [5.41, 5.74) is 1.47. The molecule has 0 aliphatic carbocycles. The molecule has 1 heterocycles. The van der Waals surface area contributed by atoms with E-state index in [-0.39, 0.29) is 0 Å². The largest absolute Gasteiger partial charge is 0.314 e. The van der Waals surface area contributed by atoms with E-state index in [9.17, 15) is 0 Å². The third-order valence-corrected chi connectivity index (χ3v) is 2.46. The van der Waals surface area contributed by atoms with Crippen molar-refractivity contribution in [2.45, 2.75) is 45.6 Å². The monoisotopic (exact) mass is 177 g/mol. The third-order valence-electron chi connectivity index (χ3n) is 2.46. The van der Waals surface area contributed by atoms with Crippen LogP contribution in [0, 0.1) is 11.8 Å². The van der Waals surface area contributed by atoms with Crippen LogP contribution in [0.25, 0.3) is 0 Å². The summed E-state index contributed by atoms with van der Waals surface area (Å²) < 4.78 is 0. The lowest BCUT2D eigenvalue weighted by atomic mass is 10.1. The van der Waals surface area contributed by atoms with Crippen LogP contribution in [-0.4, -0.2) is 12.6 Å². The van der Waals surface area contributed by atoms with Gasteiger partial charge in [-0.05, 0) is 39.7 Å². The first kappa shape index (κ1) is 10.3. The van der Waals surface area contributed by atoms with Crippen LogP contribution in [0.1, 0.15) is 39.5 Å². The molecular formula is C12H19N. The van der Waals surface area contributed by atoms with Crippen molar-refractivity contribution in [3.05, 3.63) is 11.6 Å². The molecule has 1 unspecified atom stereocenters. The molecule has 1 atom stereocenters. The summed E-state index contributed by atoms with van der Waals surface area (Å²) >= 11 is 0. The Morgan fingerprint density at radius 3 is 3.08 bits per heavy atom. The van der Waals surface area contributed by atoms with Gasteiger partial charge in [0.05, 0.1) is 0 Å². The second kappa shape index (κ2) is 5.83. The Hall–Kier alpha value is -0.740. The Morgan fingerprint density at radius 2 is 2.46 bits per heavy atom. The average molecular weight is 177 g/mol. The minimum absolute atomic E-state index is 0.728. The summed E-state index contributed by atoms with van der Waals surface area (Å²) in [6, 6.07) is 0.728. The van der Waals surface area contributed by atoms with E-state index in [1.807, 2.05) is 6.92 Å². The van der Waals surface area contributed by atoms with Crippen molar-refractivity contribution >= 4 is 0 Å². The van der Waals surface area contributed by atoms with E-state index < -0.39 is 0 Å². The van der Waals surface area contributed by atoms with E-state index in [1.165, 1.54) is 31.4 Å². The van der Waals surface area contributed by atoms with Crippen LogP contribution in [0.4, 0.5) is 0 Å². The number of nitrogens with one attached hydrogen (secondary N) is 1. The fourth-order valence-corrected chi connectivity index (χ4v) is 1.73. The van der Waals surface area contributed by atoms with E-state index in [0.717, 1.165) is 12.5 Å². The molecule has 1 N–H and O–H groups in total. The molecule has 72 valence electrons. The maximum atomic E-state index is 3.50. The minimum atomic E-state index is 0.728. The summed E-state index contributed by atoms with van der Waals surface area (Å²) in [4.78, 5) is 0. The highest BCUT2D eigenvalue weighted by Gasteiger charge is 2.13. The number of hydrogen-bond donors (Lipinski definition) is 1. The van der Waals surface area contributed by atoms with Gasteiger partial charge in [-0.2, -0.15) is 0 Å². The minimum Gasteiger partial charge on any atom is -0.314 e. The van der Waals surface area contributed by atoms with Crippen molar-refractivity contribution < 1.29 is 0 Å². The molecule has 0 spiro atoms. The van der Waals surface area contributed by atoms with Gasteiger partial charge < -0.3 is 5.32 Å². The highest BCUT2D eigenvalue weighted by molar-refractivity contribution is 5.09. The second-order valence-corrected chi connectivity index (χ2v) is 3.68. The Bertz CT molecular complexity index is 223. The lowest BCUT2D eigenvalue weighted by Crippen LogP contribution is -2.21. The Labute approximate surface area is 81.6 Å². The van der Waals surface area contributed by atoms with E-state index >= 15 is 0 Å². The molecule has 1 fully saturated rings. The Morgan fingerprint density at radius 1 is 1.62 bits per heavy atom. The quantitative estimate of drug-likeness (QED) is 0.516. The molecule has 0 aromatic rings. The van der Waals surface area contributed by atoms with E-state index in [2.05, 4.69) is 30.2 Å². The highest BCUT2D eigenvalue weighted by atomic mass is 14.9. The van der Waals surface area contributed by atoms with Crippen LogP contribution in [0.15, 0.2) is 11.6 Å². The molecule has 1 saturated heterocycles. The molecular weight excluding hydrogens is 158 g/mol. The van der Waals surface area contributed by atoms with Crippen LogP contribution < -0.4 is 5.32 Å². The number of hydrogen-bond acceptors (Lipinski definition) is 1. The van der Waals surface area contributed by atoms with Crippen molar-refractivity contribution in [2.24, 2.45) is 0 Å². The number of rotatable bonds is 3. The van der Waals surface area contributed by atoms with Crippen LogP contribution in [0.2, 0.25) is 0 Å². The Balaban J connectivity index is 2.24. The molecule has 1 rings (SSSR count). The first-order valence-corrected chi connectivity index (χ1v) is 5.11.